The summed E-state index contributed by atoms with van der Waals surface area (Å²) < 4.78 is 0. The first kappa shape index (κ1) is 6.35. The summed E-state index contributed by atoms with van der Waals surface area (Å²) >= 11 is 0. The van der Waals surface area contributed by atoms with Crippen LogP contribution in [-0.2, 0) is 0 Å². The van der Waals surface area contributed by atoms with Crippen molar-refractivity contribution in [1.82, 2.24) is 5.43 Å². The van der Waals surface area contributed by atoms with E-state index in [4.69, 9.17) is 15.3 Å². The van der Waals surface area contributed by atoms with E-state index in [0.717, 1.165) is 0 Å². The molecule has 0 saturated carbocycles. The number of nitrogens with zero attached hydrogens (tertiary/aromatic N) is 1. The lowest BCUT2D eigenvalue weighted by Crippen LogP contribution is -2.41. The van der Waals surface area contributed by atoms with Gasteiger partial charge in [-0.25, -0.2) is 5.43 Å². The third kappa shape index (κ3) is 5.35. The summed E-state index contributed by atoms with van der Waals surface area (Å²) in [7, 11) is 0. The summed E-state index contributed by atoms with van der Waals surface area (Å²) in [5, 5.41) is 26.4. The first-order valence-electron chi connectivity index (χ1n) is 1.46. The van der Waals surface area contributed by atoms with Crippen LogP contribution in [-0.4, -0.2) is 28.1 Å². The maximum atomic E-state index is 7.88. The average molecular weight is 106 g/mol. The second-order valence-corrected chi connectivity index (χ2v) is 0.905. The number of hydrogen-bond acceptors (Lipinski definition) is 5. The molecule has 0 heterocycles. The average Bonchev–Trinajstić information content (AvgIpc) is 1.30. The van der Waals surface area contributed by atoms with Gasteiger partial charge in [-0.15, -0.1) is 0 Å². The van der Waals surface area contributed by atoms with Gasteiger partial charge in [0.05, 0.1) is 0 Å². The van der Waals surface area contributed by atoms with E-state index < -0.39 is 6.10 Å². The van der Waals surface area contributed by atoms with Gasteiger partial charge in [-0.1, -0.05) is 0 Å². The van der Waals surface area contributed by atoms with Crippen molar-refractivity contribution in [1.29, 1.82) is 0 Å². The van der Waals surface area contributed by atoms with Gasteiger partial charge in [-0.05, 0) is 0 Å². The van der Waals surface area contributed by atoms with E-state index in [2.05, 4.69) is 11.8 Å². The summed E-state index contributed by atoms with van der Waals surface area (Å²) in [6, 6.07) is 0. The van der Waals surface area contributed by atoms with Crippen LogP contribution in [0.5, 0.6) is 0 Å². The van der Waals surface area contributed by atoms with Gasteiger partial charge < -0.3 is 15.3 Å². The van der Waals surface area contributed by atoms with Crippen molar-refractivity contribution >= 4 is 6.72 Å². The van der Waals surface area contributed by atoms with Crippen molar-refractivity contribution in [2.45, 2.75) is 6.10 Å². The molecule has 5 heteroatoms. The molecule has 0 fully saturated rings. The predicted octanol–water partition coefficient (Wildman–Crippen LogP) is -2.22. The Morgan fingerprint density at radius 1 is 1.43 bits per heavy atom. The predicted molar refractivity (Wildman–Crippen MR) is 22.1 cm³/mol. The van der Waals surface area contributed by atoms with Crippen molar-refractivity contribution in [3.05, 3.63) is 0 Å². The van der Waals surface area contributed by atoms with E-state index in [1.54, 1.807) is 0 Å². The van der Waals surface area contributed by atoms with E-state index in [1.807, 2.05) is 0 Å². The lowest BCUT2D eigenvalue weighted by atomic mass is 11.0. The van der Waals surface area contributed by atoms with Gasteiger partial charge in [0.25, 0.3) is 0 Å². The lowest BCUT2D eigenvalue weighted by molar-refractivity contribution is -0.331. The van der Waals surface area contributed by atoms with Crippen LogP contribution >= 0.6 is 0 Å². The lowest BCUT2D eigenvalue weighted by Gasteiger charge is -2.10. The molecule has 0 aromatic heterocycles. The third-order valence-electron chi connectivity index (χ3n) is 0.229. The van der Waals surface area contributed by atoms with Crippen molar-refractivity contribution in [3.8, 4) is 0 Å². The molecule has 5 nitrogen and oxygen atoms in total. The first-order chi connectivity index (χ1) is 3.06. The highest BCUT2D eigenvalue weighted by atomic mass is 16.7. The molecule has 7 heavy (non-hydrogen) atoms. The van der Waals surface area contributed by atoms with Crippen LogP contribution in [0.2, 0.25) is 0 Å². The standard InChI is InChI=1S/C2H6N2O3/c1-3-4-2(5,6)7/h4-7H,1H2. The van der Waals surface area contributed by atoms with E-state index in [9.17, 15) is 0 Å². The Bertz CT molecular complexity index is 65.8. The molecule has 0 unspecified atom stereocenters. The molecule has 0 spiro atoms. The van der Waals surface area contributed by atoms with Gasteiger partial charge in [0.2, 0.25) is 0 Å². The molecule has 0 aliphatic rings. The van der Waals surface area contributed by atoms with Gasteiger partial charge in [0, 0.05) is 6.72 Å². The number of hydrogen-bond donors (Lipinski definition) is 4. The molecule has 0 aromatic carbocycles. The Labute approximate surface area is 39.9 Å². The van der Waals surface area contributed by atoms with Gasteiger partial charge in [0.1, 0.15) is 0 Å². The first-order valence-corrected chi connectivity index (χ1v) is 1.46. The molecule has 0 saturated heterocycles. The van der Waals surface area contributed by atoms with E-state index >= 15 is 0 Å². The molecule has 0 aromatic rings. The number of hydrazone groups is 1. The largest absolute Gasteiger partial charge is 0.382 e. The Hall–Kier alpha value is -0.650. The van der Waals surface area contributed by atoms with Crippen LogP contribution in [0, 0.1) is 0 Å². The van der Waals surface area contributed by atoms with E-state index in [0.29, 0.717) is 0 Å². The molecule has 0 aliphatic heterocycles. The molecule has 0 radical (unpaired) electrons. The minimum atomic E-state index is -2.93. The maximum Gasteiger partial charge on any atom is 0.382 e. The van der Waals surface area contributed by atoms with Crippen molar-refractivity contribution in [2.75, 3.05) is 0 Å². The number of nitrogens with one attached hydrogen (secondary N) is 1. The number of aliphatic hydroxyl groups is 3. The molecular formula is C2H6N2O3. The Balaban J connectivity index is 3.34. The van der Waals surface area contributed by atoms with Crippen molar-refractivity contribution in [3.63, 3.8) is 0 Å². The fourth-order valence-corrected chi connectivity index (χ4v) is 0.106. The summed E-state index contributed by atoms with van der Waals surface area (Å²) in [6.07, 6.45) is -2.93. The zero-order valence-electron chi connectivity index (χ0n) is 3.50. The second kappa shape index (κ2) is 1.87. The number of rotatable bonds is 2. The Morgan fingerprint density at radius 2 is 1.86 bits per heavy atom. The van der Waals surface area contributed by atoms with Gasteiger partial charge in [-0.2, -0.15) is 5.10 Å². The molecule has 0 rings (SSSR count). The normalized spacial score (nSPS) is 10.7. The summed E-state index contributed by atoms with van der Waals surface area (Å²) in [5.74, 6) is 0. The quantitative estimate of drug-likeness (QED) is 0.182. The fourth-order valence-electron chi connectivity index (χ4n) is 0.106. The smallest absolute Gasteiger partial charge is 0.324 e. The Morgan fingerprint density at radius 3 is 1.86 bits per heavy atom. The highest BCUT2D eigenvalue weighted by Gasteiger charge is 2.14. The minimum absolute atomic E-state index is 1.47. The molecule has 0 aliphatic carbocycles. The zero-order chi connectivity index (χ0) is 5.91. The Kier molecular flexibility index (Phi) is 1.70. The summed E-state index contributed by atoms with van der Waals surface area (Å²) in [6.45, 7) is 2.80. The second-order valence-electron chi connectivity index (χ2n) is 0.905. The van der Waals surface area contributed by atoms with Crippen molar-refractivity contribution in [2.24, 2.45) is 5.10 Å². The van der Waals surface area contributed by atoms with Crippen LogP contribution in [0.4, 0.5) is 0 Å². The monoisotopic (exact) mass is 106 g/mol. The van der Waals surface area contributed by atoms with Gasteiger partial charge >= 0.3 is 6.10 Å². The molecular weight excluding hydrogens is 100 g/mol. The minimum Gasteiger partial charge on any atom is -0.324 e. The maximum absolute atomic E-state index is 7.88. The van der Waals surface area contributed by atoms with Gasteiger partial charge in [0.15, 0.2) is 0 Å². The molecule has 0 atom stereocenters. The fraction of sp³-hybridized carbons (Fsp3) is 0.500. The van der Waals surface area contributed by atoms with Crippen LogP contribution in [0.25, 0.3) is 0 Å². The molecule has 0 amide bonds. The summed E-state index contributed by atoms with van der Waals surface area (Å²) in [5.41, 5.74) is 1.47. The highest BCUT2D eigenvalue weighted by Crippen LogP contribution is 1.80. The van der Waals surface area contributed by atoms with Crippen LogP contribution in [0.1, 0.15) is 0 Å². The zero-order valence-corrected chi connectivity index (χ0v) is 3.50. The molecule has 4 N–H and O–H groups in total. The SMILES string of the molecule is C=NNC(O)(O)O. The summed E-state index contributed by atoms with van der Waals surface area (Å²) in [4.78, 5) is 0. The topological polar surface area (TPSA) is 85.1 Å². The van der Waals surface area contributed by atoms with Crippen LogP contribution in [0.3, 0.4) is 0 Å². The molecule has 0 bridgehead atoms. The van der Waals surface area contributed by atoms with E-state index in [-0.39, 0.29) is 0 Å². The molecule has 42 valence electrons. The van der Waals surface area contributed by atoms with Gasteiger partial charge in [-0.3, -0.25) is 0 Å². The van der Waals surface area contributed by atoms with Crippen LogP contribution < -0.4 is 5.43 Å². The highest BCUT2D eigenvalue weighted by molar-refractivity contribution is 5.22. The van der Waals surface area contributed by atoms with E-state index in [1.165, 1.54) is 5.43 Å². The van der Waals surface area contributed by atoms with Crippen molar-refractivity contribution < 1.29 is 15.3 Å². The third-order valence-corrected chi connectivity index (χ3v) is 0.229. The van der Waals surface area contributed by atoms with Crippen LogP contribution in [0.15, 0.2) is 5.10 Å².